The molecule has 0 heterocycles. The molecule has 432 valence electrons. The van der Waals surface area contributed by atoms with E-state index in [1.54, 1.807) is 30.3 Å². The third-order valence-corrected chi connectivity index (χ3v) is 11.4. The van der Waals surface area contributed by atoms with Crippen LogP contribution in [-0.4, -0.2) is 159 Å². The molecule has 2 rings (SSSR count). The average molecular weight is 1110 g/mol. The van der Waals surface area contributed by atoms with Crippen LogP contribution in [0.25, 0.3) is 0 Å². The highest BCUT2D eigenvalue weighted by atomic mass is 16.4. The van der Waals surface area contributed by atoms with E-state index >= 15 is 0 Å². The smallest absolute Gasteiger partial charge is 0.326 e. The number of carbonyl (C=O) groups excluding carboxylic acids is 13. The second-order valence-corrected chi connectivity index (χ2v) is 18.4. The maximum Gasteiger partial charge on any atom is 0.326 e. The molecule has 13 amide bonds. The highest BCUT2D eigenvalue weighted by Gasteiger charge is 2.37. The van der Waals surface area contributed by atoms with Crippen molar-refractivity contribution in [3.8, 4) is 5.75 Å². The summed E-state index contributed by atoms with van der Waals surface area (Å²) in [6.07, 6.45) is -5.39. The number of nitrogens with one attached hydrogen (secondary N) is 8. The molecule has 0 aliphatic rings. The van der Waals surface area contributed by atoms with Crippen LogP contribution in [0.4, 0.5) is 0 Å². The summed E-state index contributed by atoms with van der Waals surface area (Å²) in [7, 11) is 0. The molecule has 0 aliphatic heterocycles. The molecule has 2 aromatic rings. The third kappa shape index (κ3) is 24.1. The second kappa shape index (κ2) is 32.4. The van der Waals surface area contributed by atoms with Crippen LogP contribution in [0.15, 0.2) is 54.6 Å². The number of aliphatic hydroxyl groups is 1. The molecule has 0 spiro atoms. The molecule has 0 aromatic heterocycles. The Hall–Kier alpha value is -9.26. The quantitative estimate of drug-likeness (QED) is 0.0305. The number of aliphatic carboxylic acids is 1. The van der Waals surface area contributed by atoms with Gasteiger partial charge in [-0.15, -0.1) is 0 Å². The van der Waals surface area contributed by atoms with Crippen LogP contribution in [0.3, 0.4) is 0 Å². The zero-order chi connectivity index (χ0) is 59.7. The molecule has 0 fully saturated rings. The predicted octanol–water partition coefficient (Wildman–Crippen LogP) is -7.73. The van der Waals surface area contributed by atoms with Crippen molar-refractivity contribution < 1.29 is 82.4 Å². The summed E-state index contributed by atoms with van der Waals surface area (Å²) >= 11 is 0. The number of aromatic hydroxyl groups is 1. The monoisotopic (exact) mass is 1110 g/mol. The molecule has 0 aliphatic carbocycles. The van der Waals surface area contributed by atoms with Gasteiger partial charge in [0.15, 0.2) is 0 Å². The average Bonchev–Trinajstić information content (AvgIpc) is 3.36. The number of rotatable bonds is 35. The number of carboxylic acids is 1. The number of aliphatic hydroxyl groups excluding tert-OH is 1. The van der Waals surface area contributed by atoms with Crippen molar-refractivity contribution in [2.45, 2.75) is 126 Å². The summed E-state index contributed by atoms with van der Waals surface area (Å²) < 4.78 is 0. The number of nitrogens with two attached hydrogens (primary N) is 6. The van der Waals surface area contributed by atoms with E-state index in [2.05, 4.69) is 42.5 Å². The molecule has 2 aromatic carbocycles. The minimum Gasteiger partial charge on any atom is -0.508 e. The van der Waals surface area contributed by atoms with Gasteiger partial charge in [-0.3, -0.25) is 62.3 Å². The van der Waals surface area contributed by atoms with Crippen molar-refractivity contribution in [2.75, 3.05) is 6.61 Å². The lowest BCUT2D eigenvalue weighted by Gasteiger charge is -2.27. The minimum absolute atomic E-state index is 0.155. The van der Waals surface area contributed by atoms with E-state index in [1.165, 1.54) is 38.1 Å². The van der Waals surface area contributed by atoms with Crippen LogP contribution >= 0.6 is 0 Å². The van der Waals surface area contributed by atoms with Gasteiger partial charge in [0, 0.05) is 25.7 Å². The molecule has 31 heteroatoms. The van der Waals surface area contributed by atoms with Gasteiger partial charge in [-0.1, -0.05) is 56.3 Å². The summed E-state index contributed by atoms with van der Waals surface area (Å²) in [6.45, 7) is 1.89. The van der Waals surface area contributed by atoms with Crippen LogP contribution in [0.1, 0.15) is 69.9 Å². The van der Waals surface area contributed by atoms with E-state index in [4.69, 9.17) is 34.4 Å². The van der Waals surface area contributed by atoms with Crippen molar-refractivity contribution in [3.05, 3.63) is 65.7 Å². The predicted molar refractivity (Wildman–Crippen MR) is 273 cm³/mol. The molecular formula is C48H68N14O17. The first-order chi connectivity index (χ1) is 37.0. The van der Waals surface area contributed by atoms with Crippen LogP contribution in [0.2, 0.25) is 0 Å². The minimum atomic E-state index is -2.06. The number of carbonyl (C=O) groups is 14. The van der Waals surface area contributed by atoms with Gasteiger partial charge in [-0.05, 0) is 42.0 Å². The second-order valence-electron chi connectivity index (χ2n) is 18.4. The number of carboxylic acid groups (broad SMARTS) is 1. The van der Waals surface area contributed by atoms with Gasteiger partial charge in [0.05, 0.1) is 31.9 Å². The van der Waals surface area contributed by atoms with Gasteiger partial charge in [0.1, 0.15) is 54.1 Å². The fraction of sp³-hybridized carbons (Fsp3) is 0.458. The van der Waals surface area contributed by atoms with Crippen LogP contribution in [-0.2, 0) is 80.0 Å². The van der Waals surface area contributed by atoms with Crippen molar-refractivity contribution in [3.63, 3.8) is 0 Å². The molecule has 23 N–H and O–H groups in total. The molecule has 0 saturated heterocycles. The zero-order valence-electron chi connectivity index (χ0n) is 43.1. The van der Waals surface area contributed by atoms with Gasteiger partial charge < -0.3 is 92.3 Å². The van der Waals surface area contributed by atoms with Gasteiger partial charge in [0.25, 0.3) is 0 Å². The van der Waals surface area contributed by atoms with Crippen LogP contribution < -0.4 is 76.9 Å². The number of phenolic OH excluding ortho intramolecular Hbond substituents is 1. The first-order valence-electron chi connectivity index (χ1n) is 24.3. The lowest BCUT2D eigenvalue weighted by molar-refractivity contribution is -0.143. The van der Waals surface area contributed by atoms with Gasteiger partial charge in [-0.2, -0.15) is 0 Å². The SMILES string of the molecule is CC(C)[C@H](NC(=O)[C@H](Cc1ccccc1)NC(=O)[C@H](CO)NC(=O)[C@H](CC(N)=O)NC(=O)[C@H](CCC(N)=O)NC(=O)[C@H](CC(N)=O)NC(=O)[C@H](CC(N)=O)NC(=O)[C@H](Cc1ccc(O)cc1)NC(=O)[C@@H](N)CCC(N)=O)C(=O)O. The number of hydrogen-bond donors (Lipinski definition) is 17. The number of benzene rings is 2. The number of amides is 13. The molecule has 31 nitrogen and oxygen atoms in total. The van der Waals surface area contributed by atoms with E-state index in [9.17, 15) is 82.4 Å². The Morgan fingerprint density at radius 2 is 0.772 bits per heavy atom. The van der Waals surface area contributed by atoms with Gasteiger partial charge in [0.2, 0.25) is 76.8 Å². The normalized spacial score (nSPS) is 14.3. The summed E-state index contributed by atoms with van der Waals surface area (Å²) in [6, 6.07) is -2.29. The van der Waals surface area contributed by atoms with E-state index < -0.39 is 182 Å². The standard InChI is InChI=1S/C48H68N14O17/c1-22(2)39(48(78)79)62-46(76)29(16-23-6-4-3-5-7-23)57-47(77)33(21-63)61-45(75)32(20-38(54)69)58-41(71)27(13-15-35(51)66)55-43(73)30(18-36(52)67)60-44(74)31(19-37(53)68)59-42(72)28(17-24-8-10-25(64)11-9-24)56-40(70)26(49)12-14-34(50)65/h3-11,22,26-33,39,63-64H,12-21,49H2,1-2H3,(H2,50,65)(H2,51,66)(H2,52,67)(H2,53,68)(H2,54,69)(H,55,73)(H,56,70)(H,57,77)(H,58,71)(H,59,72)(H,60,74)(H,61,75)(H,62,76)(H,78,79)/t26-,27-,28-,29-,30-,31-,32-,33-,39-/m0/s1. The largest absolute Gasteiger partial charge is 0.508 e. The number of primary amides is 5. The molecule has 79 heavy (non-hydrogen) atoms. The Bertz CT molecular complexity index is 2550. The maximum absolute atomic E-state index is 13.9. The Labute approximate surface area is 451 Å². The highest BCUT2D eigenvalue weighted by Crippen LogP contribution is 2.13. The van der Waals surface area contributed by atoms with E-state index in [0.717, 1.165) is 0 Å². The fourth-order valence-corrected chi connectivity index (χ4v) is 7.23. The molecule has 0 radical (unpaired) electrons. The lowest BCUT2D eigenvalue weighted by atomic mass is 10.0. The molecule has 0 saturated carbocycles. The van der Waals surface area contributed by atoms with Gasteiger partial charge in [-0.25, -0.2) is 4.79 Å². The third-order valence-electron chi connectivity index (χ3n) is 11.4. The number of hydrogen-bond acceptors (Lipinski definition) is 17. The van der Waals surface area contributed by atoms with Crippen molar-refractivity contribution in [2.24, 2.45) is 40.3 Å². The summed E-state index contributed by atoms with van der Waals surface area (Å²) in [4.78, 5) is 181. The Balaban J connectivity index is 2.42. The Morgan fingerprint density at radius 1 is 0.430 bits per heavy atom. The first kappa shape index (κ1) is 65.9. The highest BCUT2D eigenvalue weighted by molar-refractivity contribution is 6.01. The van der Waals surface area contributed by atoms with E-state index in [1.807, 2.05) is 0 Å². The maximum atomic E-state index is 13.9. The van der Waals surface area contributed by atoms with Crippen molar-refractivity contribution >= 4 is 82.8 Å². The Kier molecular flexibility index (Phi) is 27.0. The van der Waals surface area contributed by atoms with Crippen molar-refractivity contribution in [1.82, 2.24) is 42.5 Å². The van der Waals surface area contributed by atoms with E-state index in [-0.39, 0.29) is 31.4 Å². The zero-order valence-corrected chi connectivity index (χ0v) is 43.1. The fourth-order valence-electron chi connectivity index (χ4n) is 7.23. The molecule has 9 atom stereocenters. The Morgan fingerprint density at radius 3 is 1.18 bits per heavy atom. The molecule has 0 unspecified atom stereocenters. The van der Waals surface area contributed by atoms with E-state index in [0.29, 0.717) is 11.1 Å². The molecular weight excluding hydrogens is 1040 g/mol. The number of phenols is 1. The van der Waals surface area contributed by atoms with Gasteiger partial charge >= 0.3 is 5.97 Å². The lowest BCUT2D eigenvalue weighted by Crippen LogP contribution is -2.61. The summed E-state index contributed by atoms with van der Waals surface area (Å²) in [5, 5.41) is 47.4. The topological polar surface area (TPSA) is 552 Å². The molecule has 0 bridgehead atoms. The summed E-state index contributed by atoms with van der Waals surface area (Å²) in [5.41, 5.74) is 33.3. The van der Waals surface area contributed by atoms with Crippen molar-refractivity contribution in [1.29, 1.82) is 0 Å². The first-order valence-corrected chi connectivity index (χ1v) is 24.3. The summed E-state index contributed by atoms with van der Waals surface area (Å²) in [5.74, 6) is -17.3. The van der Waals surface area contributed by atoms with Crippen LogP contribution in [0.5, 0.6) is 5.75 Å². The van der Waals surface area contributed by atoms with Crippen LogP contribution in [0, 0.1) is 5.92 Å².